The van der Waals surface area contributed by atoms with Gasteiger partial charge in [0.2, 0.25) is 0 Å². The summed E-state index contributed by atoms with van der Waals surface area (Å²) in [7, 11) is 0. The van der Waals surface area contributed by atoms with Gasteiger partial charge in [-0.25, -0.2) is 4.98 Å². The van der Waals surface area contributed by atoms with Crippen LogP contribution in [0.5, 0.6) is 5.75 Å². The van der Waals surface area contributed by atoms with Crippen LogP contribution in [0.2, 0.25) is 0 Å². The van der Waals surface area contributed by atoms with Crippen molar-refractivity contribution in [2.45, 2.75) is 19.5 Å². The van der Waals surface area contributed by atoms with E-state index in [0.717, 1.165) is 36.1 Å². The van der Waals surface area contributed by atoms with Crippen LogP contribution in [0.1, 0.15) is 23.5 Å². The number of hydrogen-bond donors (Lipinski definition) is 2. The van der Waals surface area contributed by atoms with Gasteiger partial charge in [0.15, 0.2) is 0 Å². The molecule has 2 N–H and O–H groups in total. The van der Waals surface area contributed by atoms with Crippen LogP contribution in [-0.2, 0) is 6.54 Å². The van der Waals surface area contributed by atoms with Crippen molar-refractivity contribution in [1.82, 2.24) is 10.3 Å². The van der Waals surface area contributed by atoms with Crippen molar-refractivity contribution >= 4 is 17.0 Å². The van der Waals surface area contributed by atoms with Crippen LogP contribution < -0.4 is 15.4 Å². The van der Waals surface area contributed by atoms with Gasteiger partial charge in [0, 0.05) is 30.2 Å². The lowest BCUT2D eigenvalue weighted by molar-refractivity contribution is 0.318. The maximum Gasteiger partial charge on any atom is 0.146 e. The number of anilines is 1. The highest BCUT2D eigenvalue weighted by Gasteiger charge is 2.15. The lowest BCUT2D eigenvalue weighted by Gasteiger charge is -2.22. The van der Waals surface area contributed by atoms with Crippen LogP contribution in [0.25, 0.3) is 0 Å². The van der Waals surface area contributed by atoms with Crippen LogP contribution in [-0.4, -0.2) is 18.1 Å². The zero-order valence-corrected chi connectivity index (χ0v) is 11.7. The van der Waals surface area contributed by atoms with Gasteiger partial charge in [0.25, 0.3) is 0 Å². The maximum atomic E-state index is 5.76. The fourth-order valence-electron chi connectivity index (χ4n) is 2.17. The van der Waals surface area contributed by atoms with Gasteiger partial charge in [-0.15, -0.1) is 11.3 Å². The first-order valence-corrected chi connectivity index (χ1v) is 7.34. The summed E-state index contributed by atoms with van der Waals surface area (Å²) < 4.78 is 5.76. The van der Waals surface area contributed by atoms with Gasteiger partial charge in [-0.05, 0) is 13.0 Å². The van der Waals surface area contributed by atoms with E-state index in [9.17, 15) is 0 Å². The van der Waals surface area contributed by atoms with Gasteiger partial charge in [0.1, 0.15) is 17.4 Å². The third-order valence-electron chi connectivity index (χ3n) is 3.18. The van der Waals surface area contributed by atoms with Gasteiger partial charge in [-0.3, -0.25) is 0 Å². The Morgan fingerprint density at radius 3 is 3.32 bits per heavy atom. The molecule has 1 aliphatic heterocycles. The smallest absolute Gasteiger partial charge is 0.146 e. The van der Waals surface area contributed by atoms with E-state index in [4.69, 9.17) is 4.74 Å². The predicted molar refractivity (Wildman–Crippen MR) is 77.8 cm³/mol. The summed E-state index contributed by atoms with van der Waals surface area (Å²) in [6, 6.07) is 6.48. The van der Waals surface area contributed by atoms with Gasteiger partial charge in [-0.2, -0.15) is 0 Å². The Kier molecular flexibility index (Phi) is 3.66. The predicted octanol–water partition coefficient (Wildman–Crippen LogP) is 2.80. The fraction of sp³-hybridized carbons (Fsp3) is 0.357. The van der Waals surface area contributed by atoms with Crippen molar-refractivity contribution < 1.29 is 4.74 Å². The summed E-state index contributed by atoms with van der Waals surface area (Å²) in [5, 5.41) is 9.97. The first-order valence-electron chi connectivity index (χ1n) is 6.46. The number of fused-ring (bicyclic) bond motifs is 1. The van der Waals surface area contributed by atoms with Crippen LogP contribution in [0.3, 0.4) is 0 Å². The molecule has 0 spiro atoms. The lowest BCUT2D eigenvalue weighted by Crippen LogP contribution is -2.22. The van der Waals surface area contributed by atoms with Crippen molar-refractivity contribution in [2.24, 2.45) is 0 Å². The Balaban J connectivity index is 1.70. The van der Waals surface area contributed by atoms with Gasteiger partial charge in [-0.1, -0.05) is 12.1 Å². The lowest BCUT2D eigenvalue weighted by atomic mass is 10.1. The average Bonchev–Trinajstić information content (AvgIpc) is 2.99. The first kappa shape index (κ1) is 12.4. The van der Waals surface area contributed by atoms with Crippen LogP contribution in [0, 0.1) is 0 Å². The minimum absolute atomic E-state index is 0.257. The highest BCUT2D eigenvalue weighted by molar-refractivity contribution is 7.09. The summed E-state index contributed by atoms with van der Waals surface area (Å²) in [4.78, 5) is 4.33. The van der Waals surface area contributed by atoms with E-state index in [-0.39, 0.29) is 6.04 Å². The van der Waals surface area contributed by atoms with Gasteiger partial charge in [0.05, 0.1) is 11.7 Å². The van der Waals surface area contributed by atoms with Crippen molar-refractivity contribution in [3.8, 4) is 5.75 Å². The van der Waals surface area contributed by atoms with Crippen molar-refractivity contribution in [3.63, 3.8) is 0 Å². The number of para-hydroxylation sites is 1. The van der Waals surface area contributed by atoms with E-state index in [1.165, 1.54) is 5.56 Å². The molecule has 5 heteroatoms. The summed E-state index contributed by atoms with van der Waals surface area (Å²) in [5.74, 6) is 0.979. The maximum absolute atomic E-state index is 5.76. The van der Waals surface area contributed by atoms with Crippen LogP contribution >= 0.6 is 11.3 Å². The Morgan fingerprint density at radius 2 is 2.47 bits per heavy atom. The van der Waals surface area contributed by atoms with Gasteiger partial charge >= 0.3 is 0 Å². The number of nitrogens with one attached hydrogen (secondary N) is 2. The van der Waals surface area contributed by atoms with E-state index < -0.39 is 0 Å². The molecule has 1 atom stereocenters. The Labute approximate surface area is 116 Å². The molecule has 0 saturated heterocycles. The molecule has 0 fully saturated rings. The molecule has 1 aromatic carbocycles. The SMILES string of the molecule is CC(NCc1cccc2c1OCCN2)c1nccs1. The number of nitrogens with zero attached hydrogens (tertiary/aromatic N) is 1. The second-order valence-electron chi connectivity index (χ2n) is 4.54. The third-order valence-corrected chi connectivity index (χ3v) is 4.14. The molecule has 100 valence electrons. The summed E-state index contributed by atoms with van der Waals surface area (Å²) in [6.07, 6.45) is 1.84. The van der Waals surface area contributed by atoms with Gasteiger partial charge < -0.3 is 15.4 Å². The standard InChI is InChI=1S/C14H17N3OS/c1-10(14-16-6-8-19-14)17-9-11-3-2-4-12-13(11)18-7-5-15-12/h2-4,6,8,10,15,17H,5,7,9H2,1H3. The van der Waals surface area contributed by atoms with E-state index in [1.54, 1.807) is 11.3 Å². The number of rotatable bonds is 4. The first-order chi connectivity index (χ1) is 9.34. The second-order valence-corrected chi connectivity index (χ2v) is 5.47. The molecule has 3 rings (SSSR count). The number of ether oxygens (including phenoxy) is 1. The molecule has 1 aliphatic rings. The molecular formula is C14H17N3OS. The van der Waals surface area contributed by atoms with E-state index in [1.807, 2.05) is 11.6 Å². The summed E-state index contributed by atoms with van der Waals surface area (Å²) in [5.41, 5.74) is 2.28. The highest BCUT2D eigenvalue weighted by Crippen LogP contribution is 2.31. The summed E-state index contributed by atoms with van der Waals surface area (Å²) in [6.45, 7) is 4.52. The quantitative estimate of drug-likeness (QED) is 0.900. The fourth-order valence-corrected chi connectivity index (χ4v) is 2.84. The zero-order valence-electron chi connectivity index (χ0n) is 10.8. The number of aromatic nitrogens is 1. The van der Waals surface area contributed by atoms with Crippen molar-refractivity contribution in [2.75, 3.05) is 18.5 Å². The zero-order chi connectivity index (χ0) is 13.1. The average molecular weight is 275 g/mol. The minimum atomic E-state index is 0.257. The molecular weight excluding hydrogens is 258 g/mol. The van der Waals surface area contributed by atoms with Crippen molar-refractivity contribution in [3.05, 3.63) is 40.3 Å². The highest BCUT2D eigenvalue weighted by atomic mass is 32.1. The Bertz CT molecular complexity index is 542. The molecule has 0 radical (unpaired) electrons. The second kappa shape index (κ2) is 5.59. The van der Waals surface area contributed by atoms with Crippen LogP contribution in [0.15, 0.2) is 29.8 Å². The van der Waals surface area contributed by atoms with E-state index >= 15 is 0 Å². The molecule has 0 bridgehead atoms. The molecule has 0 saturated carbocycles. The largest absolute Gasteiger partial charge is 0.489 e. The molecule has 1 aromatic heterocycles. The molecule has 0 aliphatic carbocycles. The topological polar surface area (TPSA) is 46.2 Å². The molecule has 0 amide bonds. The van der Waals surface area contributed by atoms with E-state index in [2.05, 4.69) is 40.7 Å². The number of benzene rings is 1. The normalized spacial score (nSPS) is 15.2. The molecule has 2 aromatic rings. The third kappa shape index (κ3) is 2.72. The van der Waals surface area contributed by atoms with Crippen LogP contribution in [0.4, 0.5) is 5.69 Å². The Hall–Kier alpha value is -1.59. The Morgan fingerprint density at radius 1 is 1.53 bits per heavy atom. The van der Waals surface area contributed by atoms with Crippen molar-refractivity contribution in [1.29, 1.82) is 0 Å². The molecule has 19 heavy (non-hydrogen) atoms. The number of hydrogen-bond acceptors (Lipinski definition) is 5. The minimum Gasteiger partial charge on any atom is -0.489 e. The monoisotopic (exact) mass is 275 g/mol. The number of thiazole rings is 1. The summed E-state index contributed by atoms with van der Waals surface area (Å²) >= 11 is 1.68. The van der Waals surface area contributed by atoms with E-state index in [0.29, 0.717) is 0 Å². The molecule has 2 heterocycles. The molecule has 1 unspecified atom stereocenters. The molecule has 4 nitrogen and oxygen atoms in total.